The van der Waals surface area contributed by atoms with Crippen LogP contribution in [0.15, 0.2) is 16.8 Å². The van der Waals surface area contributed by atoms with Crippen LogP contribution in [0.25, 0.3) is 0 Å². The third-order valence-electron chi connectivity index (χ3n) is 3.79. The highest BCUT2D eigenvalue weighted by Crippen LogP contribution is 2.35. The van der Waals surface area contributed by atoms with Crippen LogP contribution in [0.1, 0.15) is 26.3 Å². The molecule has 2 rings (SSSR count). The summed E-state index contributed by atoms with van der Waals surface area (Å²) in [5, 5.41) is 14.5. The average molecular weight is 240 g/mol. The Morgan fingerprint density at radius 2 is 2.12 bits per heavy atom. The summed E-state index contributed by atoms with van der Waals surface area (Å²) in [5.74, 6) is 0.693. The molecule has 1 aliphatic rings. The van der Waals surface area contributed by atoms with E-state index in [1.165, 1.54) is 5.56 Å². The Morgan fingerprint density at radius 1 is 1.38 bits per heavy atom. The standard InChI is InChI=1S/C13H20O2S/c1-8-9(2)15-10(3)13(8)12(14)6-11-4-5-16-7-11/h4-5,7-10,12-14H,6H2,1-3H3. The van der Waals surface area contributed by atoms with Crippen LogP contribution in [0.4, 0.5) is 0 Å². The van der Waals surface area contributed by atoms with Crippen molar-refractivity contribution < 1.29 is 9.84 Å². The number of hydrogen-bond donors (Lipinski definition) is 1. The van der Waals surface area contributed by atoms with Crippen molar-refractivity contribution in [1.82, 2.24) is 0 Å². The molecule has 90 valence electrons. The first-order valence-corrected chi connectivity index (χ1v) is 6.88. The molecule has 0 aromatic carbocycles. The lowest BCUT2D eigenvalue weighted by Gasteiger charge is -2.24. The molecule has 2 nitrogen and oxygen atoms in total. The summed E-state index contributed by atoms with van der Waals surface area (Å²) < 4.78 is 5.77. The molecule has 1 aromatic rings. The molecule has 0 saturated carbocycles. The zero-order chi connectivity index (χ0) is 11.7. The highest BCUT2D eigenvalue weighted by atomic mass is 32.1. The van der Waals surface area contributed by atoms with E-state index in [4.69, 9.17) is 4.74 Å². The van der Waals surface area contributed by atoms with Crippen molar-refractivity contribution in [3.05, 3.63) is 22.4 Å². The van der Waals surface area contributed by atoms with E-state index in [9.17, 15) is 5.11 Å². The second kappa shape index (κ2) is 4.86. The van der Waals surface area contributed by atoms with Crippen LogP contribution in [0.5, 0.6) is 0 Å². The first kappa shape index (κ1) is 12.1. The van der Waals surface area contributed by atoms with Crippen molar-refractivity contribution >= 4 is 11.3 Å². The van der Waals surface area contributed by atoms with Gasteiger partial charge in [0, 0.05) is 5.92 Å². The van der Waals surface area contributed by atoms with Crippen LogP contribution in [-0.2, 0) is 11.2 Å². The van der Waals surface area contributed by atoms with E-state index in [2.05, 4.69) is 37.6 Å². The maximum Gasteiger partial charge on any atom is 0.0637 e. The van der Waals surface area contributed by atoms with Crippen LogP contribution < -0.4 is 0 Å². The third kappa shape index (κ3) is 2.31. The van der Waals surface area contributed by atoms with Gasteiger partial charge in [0.1, 0.15) is 0 Å². The average Bonchev–Trinajstić information content (AvgIpc) is 2.77. The highest BCUT2D eigenvalue weighted by molar-refractivity contribution is 7.07. The SMILES string of the molecule is CC1OC(C)C(C(O)Cc2ccsc2)C1C. The van der Waals surface area contributed by atoms with E-state index in [0.29, 0.717) is 5.92 Å². The van der Waals surface area contributed by atoms with Crippen LogP contribution >= 0.6 is 11.3 Å². The smallest absolute Gasteiger partial charge is 0.0637 e. The normalized spacial score (nSPS) is 36.5. The molecule has 16 heavy (non-hydrogen) atoms. The molecule has 0 bridgehead atoms. The van der Waals surface area contributed by atoms with Crippen molar-refractivity contribution in [3.8, 4) is 0 Å². The van der Waals surface area contributed by atoms with Crippen molar-refractivity contribution in [1.29, 1.82) is 0 Å². The van der Waals surface area contributed by atoms with E-state index in [1.807, 2.05) is 0 Å². The number of hydrogen-bond acceptors (Lipinski definition) is 3. The molecule has 0 radical (unpaired) electrons. The monoisotopic (exact) mass is 240 g/mol. The molecule has 1 fully saturated rings. The van der Waals surface area contributed by atoms with Gasteiger partial charge in [-0.05, 0) is 48.6 Å². The van der Waals surface area contributed by atoms with E-state index >= 15 is 0 Å². The van der Waals surface area contributed by atoms with E-state index in [1.54, 1.807) is 11.3 Å². The summed E-state index contributed by atoms with van der Waals surface area (Å²) in [6.07, 6.45) is 0.888. The van der Waals surface area contributed by atoms with Gasteiger partial charge in [0.25, 0.3) is 0 Å². The van der Waals surface area contributed by atoms with Gasteiger partial charge in [-0.1, -0.05) is 6.92 Å². The molecule has 0 aliphatic carbocycles. The maximum absolute atomic E-state index is 10.3. The fraction of sp³-hybridized carbons (Fsp3) is 0.692. The Kier molecular flexibility index (Phi) is 3.67. The lowest BCUT2D eigenvalue weighted by atomic mass is 9.83. The van der Waals surface area contributed by atoms with Gasteiger partial charge in [0.2, 0.25) is 0 Å². The second-order valence-corrected chi connectivity index (χ2v) is 5.67. The Balaban J connectivity index is 2.01. The van der Waals surface area contributed by atoms with Gasteiger partial charge < -0.3 is 9.84 Å². The molecular weight excluding hydrogens is 220 g/mol. The summed E-state index contributed by atoms with van der Waals surface area (Å²) in [4.78, 5) is 0. The van der Waals surface area contributed by atoms with Crippen molar-refractivity contribution in [2.24, 2.45) is 11.8 Å². The van der Waals surface area contributed by atoms with Crippen LogP contribution in [0.3, 0.4) is 0 Å². The maximum atomic E-state index is 10.3. The van der Waals surface area contributed by atoms with Gasteiger partial charge in [0.05, 0.1) is 18.3 Å². The molecule has 0 spiro atoms. The molecule has 1 N–H and O–H groups in total. The van der Waals surface area contributed by atoms with Gasteiger partial charge in [-0.3, -0.25) is 0 Å². The fourth-order valence-electron chi connectivity index (χ4n) is 2.74. The molecule has 1 saturated heterocycles. The molecule has 5 unspecified atom stereocenters. The minimum atomic E-state index is -0.287. The fourth-order valence-corrected chi connectivity index (χ4v) is 3.42. The Labute approximate surface area is 101 Å². The van der Waals surface area contributed by atoms with Gasteiger partial charge in [-0.25, -0.2) is 0 Å². The lowest BCUT2D eigenvalue weighted by Crippen LogP contribution is -2.32. The second-order valence-electron chi connectivity index (χ2n) is 4.89. The summed E-state index contributed by atoms with van der Waals surface area (Å²) in [6.45, 7) is 6.34. The van der Waals surface area contributed by atoms with Gasteiger partial charge in [-0.2, -0.15) is 11.3 Å². The third-order valence-corrected chi connectivity index (χ3v) is 4.52. The Morgan fingerprint density at radius 3 is 2.62 bits per heavy atom. The lowest BCUT2D eigenvalue weighted by molar-refractivity contribution is 0.0240. The summed E-state index contributed by atoms with van der Waals surface area (Å²) in [7, 11) is 0. The summed E-state index contributed by atoms with van der Waals surface area (Å²) in [5.41, 5.74) is 1.23. The van der Waals surface area contributed by atoms with E-state index in [0.717, 1.165) is 6.42 Å². The summed E-state index contributed by atoms with van der Waals surface area (Å²) in [6, 6.07) is 2.09. The Hall–Kier alpha value is -0.380. The number of aliphatic hydroxyl groups is 1. The van der Waals surface area contributed by atoms with Gasteiger partial charge in [-0.15, -0.1) is 0 Å². The predicted molar refractivity (Wildman–Crippen MR) is 66.7 cm³/mol. The number of thiophene rings is 1. The quantitative estimate of drug-likeness (QED) is 0.880. The van der Waals surface area contributed by atoms with Crippen molar-refractivity contribution in [2.75, 3.05) is 0 Å². The van der Waals surface area contributed by atoms with Crippen LogP contribution in [0, 0.1) is 11.8 Å². The molecule has 3 heteroatoms. The Bertz CT molecular complexity index is 323. The molecule has 5 atom stereocenters. The molecule has 2 heterocycles. The molecule has 0 amide bonds. The minimum Gasteiger partial charge on any atom is -0.392 e. The van der Waals surface area contributed by atoms with Crippen LogP contribution in [0.2, 0.25) is 0 Å². The minimum absolute atomic E-state index is 0.165. The highest BCUT2D eigenvalue weighted by Gasteiger charge is 2.40. The van der Waals surface area contributed by atoms with Crippen molar-refractivity contribution in [2.45, 2.75) is 45.5 Å². The zero-order valence-electron chi connectivity index (χ0n) is 10.1. The topological polar surface area (TPSA) is 29.5 Å². The van der Waals surface area contributed by atoms with Crippen molar-refractivity contribution in [3.63, 3.8) is 0 Å². The molecule has 1 aromatic heterocycles. The largest absolute Gasteiger partial charge is 0.392 e. The first-order chi connectivity index (χ1) is 7.59. The molecular formula is C13H20O2S. The predicted octanol–water partition coefficient (Wildman–Crippen LogP) is 2.71. The number of rotatable bonds is 3. The van der Waals surface area contributed by atoms with Crippen LogP contribution in [-0.4, -0.2) is 23.4 Å². The number of ether oxygens (including phenoxy) is 1. The van der Waals surface area contributed by atoms with E-state index in [-0.39, 0.29) is 24.2 Å². The number of aliphatic hydroxyl groups excluding tert-OH is 1. The zero-order valence-corrected chi connectivity index (χ0v) is 10.9. The first-order valence-electron chi connectivity index (χ1n) is 5.94. The van der Waals surface area contributed by atoms with Gasteiger partial charge in [0.15, 0.2) is 0 Å². The molecule has 1 aliphatic heterocycles. The summed E-state index contributed by atoms with van der Waals surface area (Å²) >= 11 is 1.68. The van der Waals surface area contributed by atoms with Gasteiger partial charge >= 0.3 is 0 Å². The van der Waals surface area contributed by atoms with E-state index < -0.39 is 0 Å².